The van der Waals surface area contributed by atoms with Crippen LogP contribution in [-0.4, -0.2) is 53.6 Å². The van der Waals surface area contributed by atoms with Gasteiger partial charge in [0, 0.05) is 25.2 Å². The summed E-state index contributed by atoms with van der Waals surface area (Å²) in [4.78, 5) is 22.3. The fraction of sp³-hybridized carbons (Fsp3) is 0.333. The van der Waals surface area contributed by atoms with Gasteiger partial charge in [0.15, 0.2) is 0 Å². The lowest BCUT2D eigenvalue weighted by atomic mass is 10.0. The van der Waals surface area contributed by atoms with Crippen LogP contribution in [0, 0.1) is 6.92 Å². The highest BCUT2D eigenvalue weighted by atomic mass is 16.5. The van der Waals surface area contributed by atoms with Crippen LogP contribution in [-0.2, 0) is 4.74 Å². The molecule has 3 aromatic rings. The molecule has 2 heterocycles. The number of carbonyl (C=O) groups is 1. The van der Waals surface area contributed by atoms with Crippen LogP contribution in [0.4, 0.5) is 0 Å². The molecule has 140 valence electrons. The first-order valence-electron chi connectivity index (χ1n) is 9.30. The van der Waals surface area contributed by atoms with Crippen LogP contribution < -0.4 is 5.32 Å². The van der Waals surface area contributed by atoms with E-state index in [4.69, 9.17) is 4.74 Å². The number of amides is 1. The largest absolute Gasteiger partial charge is 0.379 e. The Morgan fingerprint density at radius 2 is 2.00 bits per heavy atom. The van der Waals surface area contributed by atoms with E-state index < -0.39 is 0 Å². The van der Waals surface area contributed by atoms with Crippen LogP contribution in [0.25, 0.3) is 11.0 Å². The smallest absolute Gasteiger partial charge is 0.251 e. The Balaban J connectivity index is 1.50. The Bertz CT molecular complexity index is 913. The van der Waals surface area contributed by atoms with Gasteiger partial charge in [0.1, 0.15) is 0 Å². The Morgan fingerprint density at radius 1 is 1.22 bits per heavy atom. The number of nitrogens with zero attached hydrogens (tertiary/aromatic N) is 2. The topological polar surface area (TPSA) is 70.2 Å². The zero-order valence-corrected chi connectivity index (χ0v) is 15.4. The summed E-state index contributed by atoms with van der Waals surface area (Å²) in [5.74, 6) is -0.0723. The lowest BCUT2D eigenvalue weighted by Crippen LogP contribution is -2.43. The van der Waals surface area contributed by atoms with Gasteiger partial charge in [-0.2, -0.15) is 0 Å². The van der Waals surface area contributed by atoms with Gasteiger partial charge in [-0.3, -0.25) is 9.69 Å². The monoisotopic (exact) mass is 364 g/mol. The van der Waals surface area contributed by atoms with Gasteiger partial charge < -0.3 is 15.0 Å². The van der Waals surface area contributed by atoms with Crippen molar-refractivity contribution in [1.82, 2.24) is 20.2 Å². The summed E-state index contributed by atoms with van der Waals surface area (Å²) < 4.78 is 5.49. The number of H-pyrrole nitrogens is 1. The van der Waals surface area contributed by atoms with Gasteiger partial charge in [-0.1, -0.05) is 29.8 Å². The Hall–Kier alpha value is -2.70. The van der Waals surface area contributed by atoms with E-state index in [1.807, 2.05) is 18.2 Å². The van der Waals surface area contributed by atoms with Gasteiger partial charge in [-0.05, 0) is 30.7 Å². The van der Waals surface area contributed by atoms with Gasteiger partial charge in [-0.15, -0.1) is 0 Å². The standard InChI is InChI=1S/C21H24N4O2/c1-15-2-4-16(5-3-15)20(25-8-10-27-11-9-25)13-22-21(26)17-6-7-18-19(12-17)24-14-23-18/h2-7,12,14,20H,8-11,13H2,1H3,(H,22,26)(H,23,24). The Labute approximate surface area is 158 Å². The fourth-order valence-electron chi connectivity index (χ4n) is 3.50. The molecular weight excluding hydrogens is 340 g/mol. The number of aryl methyl sites for hydroxylation is 1. The molecule has 1 saturated heterocycles. The van der Waals surface area contributed by atoms with Crippen LogP contribution >= 0.6 is 0 Å². The lowest BCUT2D eigenvalue weighted by molar-refractivity contribution is 0.0162. The molecule has 6 nitrogen and oxygen atoms in total. The van der Waals surface area contributed by atoms with Gasteiger partial charge >= 0.3 is 0 Å². The maximum Gasteiger partial charge on any atom is 0.251 e. The Morgan fingerprint density at radius 3 is 2.78 bits per heavy atom. The van der Waals surface area contributed by atoms with E-state index in [0.717, 1.165) is 37.3 Å². The summed E-state index contributed by atoms with van der Waals surface area (Å²) in [6, 6.07) is 14.2. The highest BCUT2D eigenvalue weighted by molar-refractivity contribution is 5.97. The summed E-state index contributed by atoms with van der Waals surface area (Å²) in [7, 11) is 0. The number of aromatic amines is 1. The number of hydrogen-bond acceptors (Lipinski definition) is 4. The molecule has 0 bridgehead atoms. The molecule has 1 atom stereocenters. The average molecular weight is 364 g/mol. The van der Waals surface area contributed by atoms with Crippen molar-refractivity contribution in [2.24, 2.45) is 0 Å². The number of aromatic nitrogens is 2. The van der Waals surface area contributed by atoms with Gasteiger partial charge in [0.25, 0.3) is 5.91 Å². The summed E-state index contributed by atoms with van der Waals surface area (Å²) >= 11 is 0. The summed E-state index contributed by atoms with van der Waals surface area (Å²) in [6.07, 6.45) is 1.64. The maximum atomic E-state index is 12.7. The zero-order chi connectivity index (χ0) is 18.6. The van der Waals surface area contributed by atoms with Crippen molar-refractivity contribution in [3.8, 4) is 0 Å². The molecule has 1 unspecified atom stereocenters. The van der Waals surface area contributed by atoms with Crippen molar-refractivity contribution in [2.45, 2.75) is 13.0 Å². The molecule has 0 aliphatic carbocycles. The summed E-state index contributed by atoms with van der Waals surface area (Å²) in [5, 5.41) is 3.11. The molecule has 1 aromatic heterocycles. The first kappa shape index (κ1) is 17.7. The normalized spacial score (nSPS) is 16.3. The molecule has 0 saturated carbocycles. The number of imidazole rings is 1. The number of nitrogens with one attached hydrogen (secondary N) is 2. The molecule has 1 amide bonds. The van der Waals surface area contributed by atoms with E-state index in [1.54, 1.807) is 6.33 Å². The molecule has 0 radical (unpaired) electrons. The van der Waals surface area contributed by atoms with E-state index in [-0.39, 0.29) is 11.9 Å². The van der Waals surface area contributed by atoms with E-state index in [0.29, 0.717) is 12.1 Å². The molecule has 0 spiro atoms. The average Bonchev–Trinajstić information content (AvgIpc) is 3.18. The van der Waals surface area contributed by atoms with Crippen molar-refractivity contribution in [2.75, 3.05) is 32.8 Å². The predicted molar refractivity (Wildman–Crippen MR) is 105 cm³/mol. The summed E-state index contributed by atoms with van der Waals surface area (Å²) in [6.45, 7) is 5.84. The second kappa shape index (κ2) is 7.90. The molecular formula is C21H24N4O2. The third-order valence-electron chi connectivity index (χ3n) is 5.09. The van der Waals surface area contributed by atoms with Crippen LogP contribution in [0.5, 0.6) is 0 Å². The van der Waals surface area contributed by atoms with Crippen molar-refractivity contribution in [1.29, 1.82) is 0 Å². The number of fused-ring (bicyclic) bond motifs is 1. The molecule has 6 heteroatoms. The van der Waals surface area contributed by atoms with Gasteiger partial charge in [-0.25, -0.2) is 4.98 Å². The second-order valence-electron chi connectivity index (χ2n) is 6.92. The van der Waals surface area contributed by atoms with E-state index in [9.17, 15) is 4.79 Å². The van der Waals surface area contributed by atoms with E-state index in [2.05, 4.69) is 51.4 Å². The van der Waals surface area contributed by atoms with Crippen LogP contribution in [0.3, 0.4) is 0 Å². The van der Waals surface area contributed by atoms with E-state index >= 15 is 0 Å². The highest BCUT2D eigenvalue weighted by Crippen LogP contribution is 2.22. The lowest BCUT2D eigenvalue weighted by Gasteiger charge is -2.35. The van der Waals surface area contributed by atoms with Crippen molar-refractivity contribution in [3.63, 3.8) is 0 Å². The molecule has 4 rings (SSSR count). The fourth-order valence-corrected chi connectivity index (χ4v) is 3.50. The number of morpholine rings is 1. The third-order valence-corrected chi connectivity index (χ3v) is 5.09. The van der Waals surface area contributed by atoms with Crippen LogP contribution in [0.2, 0.25) is 0 Å². The molecule has 1 aliphatic rings. The number of hydrogen-bond donors (Lipinski definition) is 2. The summed E-state index contributed by atoms with van der Waals surface area (Å²) in [5.41, 5.74) is 4.81. The minimum atomic E-state index is -0.0723. The molecule has 1 fully saturated rings. The number of carbonyl (C=O) groups excluding carboxylic acids is 1. The third kappa shape index (κ3) is 4.02. The number of ether oxygens (including phenoxy) is 1. The molecule has 1 aliphatic heterocycles. The SMILES string of the molecule is Cc1ccc(C(CNC(=O)c2ccc3nc[nH]c3c2)N2CCOCC2)cc1. The molecule has 2 aromatic carbocycles. The highest BCUT2D eigenvalue weighted by Gasteiger charge is 2.23. The zero-order valence-electron chi connectivity index (χ0n) is 15.4. The van der Waals surface area contributed by atoms with Crippen LogP contribution in [0.1, 0.15) is 27.5 Å². The minimum Gasteiger partial charge on any atom is -0.379 e. The van der Waals surface area contributed by atoms with Gasteiger partial charge in [0.2, 0.25) is 0 Å². The van der Waals surface area contributed by atoms with Crippen molar-refractivity contribution in [3.05, 3.63) is 65.5 Å². The van der Waals surface area contributed by atoms with E-state index in [1.165, 1.54) is 11.1 Å². The quantitative estimate of drug-likeness (QED) is 0.730. The molecule has 2 N–H and O–H groups in total. The molecule has 27 heavy (non-hydrogen) atoms. The van der Waals surface area contributed by atoms with Crippen LogP contribution in [0.15, 0.2) is 48.8 Å². The van der Waals surface area contributed by atoms with Crippen molar-refractivity contribution < 1.29 is 9.53 Å². The number of benzene rings is 2. The first-order chi connectivity index (χ1) is 13.2. The predicted octanol–water partition coefficient (Wildman–Crippen LogP) is 2.67. The minimum absolute atomic E-state index is 0.0723. The second-order valence-corrected chi connectivity index (χ2v) is 6.92. The van der Waals surface area contributed by atoms with Crippen molar-refractivity contribution >= 4 is 16.9 Å². The number of rotatable bonds is 5. The Kier molecular flexibility index (Phi) is 5.18. The van der Waals surface area contributed by atoms with Gasteiger partial charge in [0.05, 0.1) is 36.6 Å². The maximum absolute atomic E-state index is 12.7. The first-order valence-corrected chi connectivity index (χ1v) is 9.30.